The van der Waals surface area contributed by atoms with E-state index in [1.165, 1.54) is 25.7 Å². The van der Waals surface area contributed by atoms with E-state index in [1.54, 1.807) is 0 Å². The number of nitrogens with one attached hydrogen (secondary N) is 1. The first-order chi connectivity index (χ1) is 10.00. The minimum absolute atomic E-state index is 0.0901. The lowest BCUT2D eigenvalue weighted by atomic mass is 9.79. The summed E-state index contributed by atoms with van der Waals surface area (Å²) in [7, 11) is 0. The number of unbranched alkanes of at least 4 members (excludes halogenated alkanes) is 4. The van der Waals surface area contributed by atoms with Crippen LogP contribution in [0.1, 0.15) is 78.6 Å². The lowest BCUT2D eigenvalue weighted by Gasteiger charge is -2.39. The van der Waals surface area contributed by atoms with Crippen molar-refractivity contribution in [3.63, 3.8) is 0 Å². The molecule has 0 radical (unpaired) electrons. The number of aliphatic carboxylic acids is 1. The van der Waals surface area contributed by atoms with Crippen molar-refractivity contribution in [1.29, 1.82) is 0 Å². The molecule has 2 unspecified atom stereocenters. The van der Waals surface area contributed by atoms with Crippen LogP contribution in [-0.4, -0.2) is 35.4 Å². The molecule has 1 aliphatic carbocycles. The maximum Gasteiger partial charge on any atom is 0.324 e. The van der Waals surface area contributed by atoms with Gasteiger partial charge in [0.1, 0.15) is 5.54 Å². The zero-order valence-corrected chi connectivity index (χ0v) is 14.0. The predicted octanol–water partition coefficient (Wildman–Crippen LogP) is 3.74. The van der Waals surface area contributed by atoms with Crippen LogP contribution in [0.5, 0.6) is 0 Å². The zero-order chi connectivity index (χ0) is 15.7. The average molecular weight is 299 g/mol. The molecule has 1 saturated carbocycles. The summed E-state index contributed by atoms with van der Waals surface area (Å²) < 4.78 is 5.95. The average Bonchev–Trinajstić information content (AvgIpc) is 2.42. The summed E-state index contributed by atoms with van der Waals surface area (Å²) in [5.41, 5.74) is -0.792. The number of hydrogen-bond acceptors (Lipinski definition) is 3. The maximum absolute atomic E-state index is 11.7. The van der Waals surface area contributed by atoms with Gasteiger partial charge in [-0.3, -0.25) is 10.1 Å². The molecule has 0 spiro atoms. The van der Waals surface area contributed by atoms with E-state index in [2.05, 4.69) is 12.2 Å². The third kappa shape index (κ3) is 6.35. The van der Waals surface area contributed by atoms with Gasteiger partial charge in [0.05, 0.1) is 6.10 Å². The molecule has 124 valence electrons. The van der Waals surface area contributed by atoms with Crippen LogP contribution in [0.15, 0.2) is 0 Å². The summed E-state index contributed by atoms with van der Waals surface area (Å²) >= 11 is 0. The Kier molecular flexibility index (Phi) is 8.27. The summed E-state index contributed by atoms with van der Waals surface area (Å²) in [6.45, 7) is 6.99. The fourth-order valence-corrected chi connectivity index (χ4v) is 3.26. The van der Waals surface area contributed by atoms with Gasteiger partial charge in [0.25, 0.3) is 0 Å². The normalized spacial score (nSPS) is 26.2. The maximum atomic E-state index is 11.7. The van der Waals surface area contributed by atoms with E-state index >= 15 is 0 Å². The second-order valence-corrected chi connectivity index (χ2v) is 6.69. The van der Waals surface area contributed by atoms with Crippen molar-refractivity contribution in [2.24, 2.45) is 0 Å². The largest absolute Gasteiger partial charge is 0.480 e. The first kappa shape index (κ1) is 18.4. The molecule has 0 saturated heterocycles. The van der Waals surface area contributed by atoms with Crippen LogP contribution in [0, 0.1) is 0 Å². The van der Waals surface area contributed by atoms with E-state index in [0.717, 1.165) is 25.9 Å². The van der Waals surface area contributed by atoms with Crippen LogP contribution >= 0.6 is 0 Å². The number of carboxylic acid groups (broad SMARTS) is 1. The van der Waals surface area contributed by atoms with Crippen LogP contribution in [-0.2, 0) is 9.53 Å². The van der Waals surface area contributed by atoms with Gasteiger partial charge in [-0.15, -0.1) is 0 Å². The summed E-state index contributed by atoms with van der Waals surface area (Å²) in [5.74, 6) is -0.729. The van der Waals surface area contributed by atoms with E-state index in [1.807, 2.05) is 13.8 Å². The van der Waals surface area contributed by atoms with E-state index in [-0.39, 0.29) is 12.1 Å². The molecule has 2 atom stereocenters. The molecular formula is C17H33NO3. The number of ether oxygens (including phenoxy) is 1. The summed E-state index contributed by atoms with van der Waals surface area (Å²) in [5, 5.41) is 12.9. The Morgan fingerprint density at radius 1 is 1.33 bits per heavy atom. The zero-order valence-electron chi connectivity index (χ0n) is 14.0. The summed E-state index contributed by atoms with van der Waals surface area (Å²) in [6, 6.07) is 0.175. The first-order valence-electron chi connectivity index (χ1n) is 8.63. The van der Waals surface area contributed by atoms with Gasteiger partial charge in [-0.05, 0) is 39.5 Å². The van der Waals surface area contributed by atoms with Gasteiger partial charge in [0.15, 0.2) is 0 Å². The van der Waals surface area contributed by atoms with Gasteiger partial charge >= 0.3 is 5.97 Å². The third-order valence-electron chi connectivity index (χ3n) is 4.28. The Labute approximate surface area is 129 Å². The fraction of sp³-hybridized carbons (Fsp3) is 0.941. The SMILES string of the molecule is CCCCCCCOC1CCCC(NC(C)C)(C(=O)O)C1. The topological polar surface area (TPSA) is 58.6 Å². The lowest BCUT2D eigenvalue weighted by Crippen LogP contribution is -2.58. The molecule has 4 nitrogen and oxygen atoms in total. The Morgan fingerprint density at radius 3 is 2.67 bits per heavy atom. The molecule has 21 heavy (non-hydrogen) atoms. The molecule has 0 heterocycles. The van der Waals surface area contributed by atoms with Gasteiger partial charge in [0.2, 0.25) is 0 Å². The second-order valence-electron chi connectivity index (χ2n) is 6.69. The van der Waals surface area contributed by atoms with Gasteiger partial charge in [-0.25, -0.2) is 0 Å². The standard InChI is InChI=1S/C17H33NO3/c1-4-5-6-7-8-12-21-15-10-9-11-17(13-15,16(19)20)18-14(2)3/h14-15,18H,4-13H2,1-3H3,(H,19,20). The van der Waals surface area contributed by atoms with Crippen molar-refractivity contribution in [2.45, 2.75) is 96.2 Å². The molecule has 0 aromatic heterocycles. The van der Waals surface area contributed by atoms with E-state index < -0.39 is 11.5 Å². The molecule has 0 aromatic rings. The molecule has 0 amide bonds. The van der Waals surface area contributed by atoms with E-state index in [4.69, 9.17) is 4.74 Å². The number of rotatable bonds is 10. The predicted molar refractivity (Wildman–Crippen MR) is 85.6 cm³/mol. The fourth-order valence-electron chi connectivity index (χ4n) is 3.26. The van der Waals surface area contributed by atoms with Gasteiger partial charge in [-0.2, -0.15) is 0 Å². The van der Waals surface area contributed by atoms with Gasteiger partial charge in [0, 0.05) is 19.1 Å². The smallest absolute Gasteiger partial charge is 0.324 e. The molecule has 0 bridgehead atoms. The molecule has 0 aliphatic heterocycles. The van der Waals surface area contributed by atoms with Crippen molar-refractivity contribution < 1.29 is 14.6 Å². The Bertz CT molecular complexity index is 306. The minimum Gasteiger partial charge on any atom is -0.480 e. The highest BCUT2D eigenvalue weighted by Gasteiger charge is 2.43. The van der Waals surface area contributed by atoms with Crippen molar-refractivity contribution in [3.05, 3.63) is 0 Å². The number of carbonyl (C=O) groups is 1. The minimum atomic E-state index is -0.792. The third-order valence-corrected chi connectivity index (χ3v) is 4.28. The van der Waals surface area contributed by atoms with Crippen LogP contribution in [0.25, 0.3) is 0 Å². The molecule has 4 heteroatoms. The second kappa shape index (κ2) is 9.42. The number of carboxylic acids is 1. The van der Waals surface area contributed by atoms with Crippen molar-refractivity contribution in [2.75, 3.05) is 6.61 Å². The van der Waals surface area contributed by atoms with Crippen LogP contribution < -0.4 is 5.32 Å². The molecular weight excluding hydrogens is 266 g/mol. The lowest BCUT2D eigenvalue weighted by molar-refractivity contribution is -0.149. The highest BCUT2D eigenvalue weighted by Crippen LogP contribution is 2.31. The van der Waals surface area contributed by atoms with Crippen molar-refractivity contribution >= 4 is 5.97 Å². The Hall–Kier alpha value is -0.610. The van der Waals surface area contributed by atoms with Gasteiger partial charge in [-0.1, -0.05) is 32.6 Å². The van der Waals surface area contributed by atoms with Crippen LogP contribution in [0.2, 0.25) is 0 Å². The summed E-state index contributed by atoms with van der Waals surface area (Å²) in [4.78, 5) is 11.7. The van der Waals surface area contributed by atoms with E-state index in [9.17, 15) is 9.90 Å². The highest BCUT2D eigenvalue weighted by atomic mass is 16.5. The van der Waals surface area contributed by atoms with Crippen LogP contribution in [0.4, 0.5) is 0 Å². The number of hydrogen-bond donors (Lipinski definition) is 2. The van der Waals surface area contributed by atoms with Crippen molar-refractivity contribution in [3.8, 4) is 0 Å². The summed E-state index contributed by atoms with van der Waals surface area (Å²) in [6.07, 6.45) is 9.44. The molecule has 1 rings (SSSR count). The first-order valence-corrected chi connectivity index (χ1v) is 8.63. The molecule has 1 fully saturated rings. The molecule has 2 N–H and O–H groups in total. The monoisotopic (exact) mass is 299 g/mol. The molecule has 0 aromatic carbocycles. The van der Waals surface area contributed by atoms with E-state index in [0.29, 0.717) is 12.8 Å². The Balaban J connectivity index is 2.37. The molecule has 1 aliphatic rings. The van der Waals surface area contributed by atoms with Crippen molar-refractivity contribution in [1.82, 2.24) is 5.32 Å². The highest BCUT2D eigenvalue weighted by molar-refractivity contribution is 5.79. The van der Waals surface area contributed by atoms with Gasteiger partial charge < -0.3 is 9.84 Å². The Morgan fingerprint density at radius 2 is 2.05 bits per heavy atom. The van der Waals surface area contributed by atoms with Crippen LogP contribution in [0.3, 0.4) is 0 Å². The quantitative estimate of drug-likeness (QED) is 0.603.